The largest absolute Gasteiger partial charge is 0.325 e. The summed E-state index contributed by atoms with van der Waals surface area (Å²) in [4.78, 5) is 42.6. The molecule has 1 aliphatic heterocycles. The van der Waals surface area contributed by atoms with Gasteiger partial charge in [-0.3, -0.25) is 14.5 Å². The van der Waals surface area contributed by atoms with E-state index in [1.807, 2.05) is 0 Å². The van der Waals surface area contributed by atoms with E-state index in [0.29, 0.717) is 29.6 Å². The van der Waals surface area contributed by atoms with E-state index in [1.54, 1.807) is 12.1 Å². The summed E-state index contributed by atoms with van der Waals surface area (Å²) in [5, 5.41) is 5.88. The van der Waals surface area contributed by atoms with E-state index in [2.05, 4.69) is 36.4 Å². The number of carbonyl (C=O) groups excluding carboxylic acids is 3. The maximum Gasteiger partial charge on any atom is 0.325 e. The van der Waals surface area contributed by atoms with Gasteiger partial charge in [0, 0.05) is 6.20 Å². The third kappa shape index (κ3) is 3.67. The number of halogens is 1. The van der Waals surface area contributed by atoms with Crippen LogP contribution in [0.25, 0.3) is 0 Å². The van der Waals surface area contributed by atoms with Gasteiger partial charge in [-0.05, 0) is 42.7 Å². The lowest BCUT2D eigenvalue weighted by molar-refractivity contribution is -0.136. The minimum atomic E-state index is -0.906. The van der Waals surface area contributed by atoms with Crippen molar-refractivity contribution >= 4 is 35.3 Å². The standard InChI is InChI=1S/C18H23ClN4O3/c1-11-6-17(2,3)10-18(7-11)15(25)23(16(26)22-18)9-14(24)21-13-5-4-12(19)8-20-13/h4-5,8,11H,6-7,9-10H2,1-3H3,(H,22,26)(H,20,21,24). The van der Waals surface area contributed by atoms with E-state index >= 15 is 0 Å². The maximum atomic E-state index is 13.0. The van der Waals surface area contributed by atoms with Gasteiger partial charge in [-0.1, -0.05) is 32.4 Å². The van der Waals surface area contributed by atoms with Gasteiger partial charge in [0.15, 0.2) is 0 Å². The molecule has 0 radical (unpaired) electrons. The molecule has 2 aliphatic rings. The number of hydrogen-bond donors (Lipinski definition) is 2. The Labute approximate surface area is 157 Å². The van der Waals surface area contributed by atoms with Crippen LogP contribution in [0.1, 0.15) is 40.0 Å². The fourth-order valence-electron chi connectivity index (χ4n) is 4.43. The van der Waals surface area contributed by atoms with Crippen molar-refractivity contribution in [2.75, 3.05) is 11.9 Å². The summed E-state index contributed by atoms with van der Waals surface area (Å²) in [5.41, 5.74) is -0.955. The van der Waals surface area contributed by atoms with Crippen molar-refractivity contribution in [1.29, 1.82) is 0 Å². The highest BCUT2D eigenvalue weighted by Gasteiger charge is 2.56. The third-order valence-electron chi connectivity index (χ3n) is 4.92. The highest BCUT2D eigenvalue weighted by Crippen LogP contribution is 2.46. The number of carbonyl (C=O) groups is 3. The van der Waals surface area contributed by atoms with Crippen LogP contribution in [0.2, 0.25) is 5.02 Å². The first-order chi connectivity index (χ1) is 12.1. The molecule has 8 heteroatoms. The summed E-state index contributed by atoms with van der Waals surface area (Å²) in [7, 11) is 0. The highest BCUT2D eigenvalue weighted by molar-refractivity contribution is 6.30. The minimum Gasteiger partial charge on any atom is -0.323 e. The number of amides is 4. The lowest BCUT2D eigenvalue weighted by Gasteiger charge is -2.43. The Morgan fingerprint density at radius 3 is 2.73 bits per heavy atom. The Morgan fingerprint density at radius 1 is 1.38 bits per heavy atom. The third-order valence-corrected chi connectivity index (χ3v) is 5.14. The molecule has 26 heavy (non-hydrogen) atoms. The second-order valence-corrected chi connectivity index (χ2v) is 8.60. The van der Waals surface area contributed by atoms with E-state index < -0.39 is 17.5 Å². The molecule has 140 valence electrons. The predicted molar refractivity (Wildman–Crippen MR) is 97.6 cm³/mol. The number of pyridine rings is 1. The normalized spacial score (nSPS) is 27.5. The van der Waals surface area contributed by atoms with Crippen LogP contribution in [0.5, 0.6) is 0 Å². The molecule has 2 unspecified atom stereocenters. The van der Waals surface area contributed by atoms with E-state index in [9.17, 15) is 14.4 Å². The Morgan fingerprint density at radius 2 is 2.12 bits per heavy atom. The molecule has 1 saturated heterocycles. The Kier molecular flexibility index (Phi) is 4.69. The van der Waals surface area contributed by atoms with Gasteiger partial charge in [0.05, 0.1) is 5.02 Å². The summed E-state index contributed by atoms with van der Waals surface area (Å²) < 4.78 is 0. The van der Waals surface area contributed by atoms with Crippen LogP contribution in [0.4, 0.5) is 10.6 Å². The number of hydrogen-bond acceptors (Lipinski definition) is 4. The number of rotatable bonds is 3. The molecule has 4 amide bonds. The van der Waals surface area contributed by atoms with Crippen molar-refractivity contribution in [2.24, 2.45) is 11.3 Å². The monoisotopic (exact) mass is 378 g/mol. The maximum absolute atomic E-state index is 13.0. The van der Waals surface area contributed by atoms with Crippen molar-refractivity contribution in [3.63, 3.8) is 0 Å². The second kappa shape index (κ2) is 6.54. The molecule has 1 aliphatic carbocycles. The molecular weight excluding hydrogens is 356 g/mol. The lowest BCUT2D eigenvalue weighted by atomic mass is 9.64. The molecule has 1 aromatic rings. The fraction of sp³-hybridized carbons (Fsp3) is 0.556. The van der Waals surface area contributed by atoms with Gasteiger partial charge in [0.2, 0.25) is 5.91 Å². The number of nitrogens with zero attached hydrogens (tertiary/aromatic N) is 2. The van der Waals surface area contributed by atoms with Gasteiger partial charge >= 0.3 is 6.03 Å². The zero-order valence-corrected chi connectivity index (χ0v) is 15.9. The Bertz CT molecular complexity index is 749. The molecule has 0 bridgehead atoms. The van der Waals surface area contributed by atoms with Crippen LogP contribution in [0, 0.1) is 11.3 Å². The zero-order valence-electron chi connectivity index (χ0n) is 15.1. The molecule has 3 rings (SSSR count). The molecular formula is C18H23ClN4O3. The molecule has 1 aromatic heterocycles. The number of aromatic nitrogens is 1. The number of anilines is 1. The van der Waals surface area contributed by atoms with Crippen molar-refractivity contribution < 1.29 is 14.4 Å². The molecule has 2 N–H and O–H groups in total. The topological polar surface area (TPSA) is 91.4 Å². The van der Waals surface area contributed by atoms with Crippen LogP contribution < -0.4 is 10.6 Å². The molecule has 1 spiro atoms. The average Bonchev–Trinajstić information content (AvgIpc) is 2.71. The van der Waals surface area contributed by atoms with Crippen molar-refractivity contribution in [2.45, 2.75) is 45.6 Å². The molecule has 2 atom stereocenters. The van der Waals surface area contributed by atoms with Crippen molar-refractivity contribution in [1.82, 2.24) is 15.2 Å². The van der Waals surface area contributed by atoms with Crippen molar-refractivity contribution in [3.8, 4) is 0 Å². The Hall–Kier alpha value is -2.15. The molecule has 1 saturated carbocycles. The molecule has 2 heterocycles. The van der Waals surface area contributed by atoms with E-state index in [0.717, 1.165) is 11.3 Å². The smallest absolute Gasteiger partial charge is 0.323 e. The van der Waals surface area contributed by atoms with E-state index in [4.69, 9.17) is 11.6 Å². The zero-order chi connectivity index (χ0) is 19.1. The second-order valence-electron chi connectivity index (χ2n) is 8.17. The van der Waals surface area contributed by atoms with Crippen LogP contribution in [0.15, 0.2) is 18.3 Å². The van der Waals surface area contributed by atoms with Crippen LogP contribution in [0.3, 0.4) is 0 Å². The Balaban J connectivity index is 1.71. The lowest BCUT2D eigenvalue weighted by Crippen LogP contribution is -2.54. The molecule has 2 fully saturated rings. The molecule has 7 nitrogen and oxygen atoms in total. The summed E-state index contributed by atoms with van der Waals surface area (Å²) in [6, 6.07) is 2.64. The summed E-state index contributed by atoms with van der Waals surface area (Å²) >= 11 is 5.76. The highest BCUT2D eigenvalue weighted by atomic mass is 35.5. The number of imide groups is 1. The van der Waals surface area contributed by atoms with E-state index in [1.165, 1.54) is 6.20 Å². The van der Waals surface area contributed by atoms with Crippen LogP contribution >= 0.6 is 11.6 Å². The minimum absolute atomic E-state index is 0.0495. The predicted octanol–water partition coefficient (Wildman–Crippen LogP) is 2.81. The van der Waals surface area contributed by atoms with Gasteiger partial charge < -0.3 is 10.6 Å². The first kappa shape index (κ1) is 18.6. The summed E-state index contributed by atoms with van der Waals surface area (Å²) in [6.07, 6.45) is 3.58. The quantitative estimate of drug-likeness (QED) is 0.791. The number of nitrogens with one attached hydrogen (secondary N) is 2. The first-order valence-electron chi connectivity index (χ1n) is 8.66. The summed E-state index contributed by atoms with van der Waals surface area (Å²) in [6.45, 7) is 5.95. The van der Waals surface area contributed by atoms with Gasteiger partial charge in [-0.2, -0.15) is 0 Å². The van der Waals surface area contributed by atoms with Gasteiger partial charge in [-0.25, -0.2) is 9.78 Å². The van der Waals surface area contributed by atoms with Crippen LogP contribution in [-0.4, -0.2) is 39.8 Å². The van der Waals surface area contributed by atoms with Gasteiger partial charge in [0.25, 0.3) is 5.91 Å². The van der Waals surface area contributed by atoms with Gasteiger partial charge in [0.1, 0.15) is 17.9 Å². The van der Waals surface area contributed by atoms with Crippen molar-refractivity contribution in [3.05, 3.63) is 23.4 Å². The first-order valence-corrected chi connectivity index (χ1v) is 9.04. The van der Waals surface area contributed by atoms with Crippen LogP contribution in [-0.2, 0) is 9.59 Å². The number of urea groups is 1. The van der Waals surface area contributed by atoms with Gasteiger partial charge in [-0.15, -0.1) is 0 Å². The SMILES string of the molecule is CC1CC(C)(C)CC2(C1)NC(=O)N(CC(=O)Nc1ccc(Cl)cn1)C2=O. The fourth-order valence-corrected chi connectivity index (χ4v) is 4.54. The summed E-state index contributed by atoms with van der Waals surface area (Å²) in [5.74, 6) is -0.173. The van der Waals surface area contributed by atoms with E-state index in [-0.39, 0.29) is 17.9 Å². The molecule has 0 aromatic carbocycles. The average molecular weight is 379 g/mol.